The molecule has 110 valence electrons. The van der Waals surface area contributed by atoms with Gasteiger partial charge in [0.2, 0.25) is 0 Å². The molecule has 1 aliphatic rings. The van der Waals surface area contributed by atoms with E-state index in [0.29, 0.717) is 29.2 Å². The van der Waals surface area contributed by atoms with Crippen LogP contribution in [0.2, 0.25) is 0 Å². The lowest BCUT2D eigenvalue weighted by Crippen LogP contribution is -2.10. The van der Waals surface area contributed by atoms with E-state index in [4.69, 9.17) is 14.0 Å². The number of halogens is 1. The van der Waals surface area contributed by atoms with E-state index >= 15 is 0 Å². The number of fused-ring (bicyclic) bond motifs is 1. The summed E-state index contributed by atoms with van der Waals surface area (Å²) in [6.07, 6.45) is 2.08. The Morgan fingerprint density at radius 1 is 1.33 bits per heavy atom. The van der Waals surface area contributed by atoms with Gasteiger partial charge in [-0.2, -0.15) is 0 Å². The van der Waals surface area contributed by atoms with Crippen molar-refractivity contribution in [2.45, 2.75) is 19.3 Å². The number of carbonyl (C=O) groups excluding carboxylic acids is 1. The van der Waals surface area contributed by atoms with Gasteiger partial charge in [0.25, 0.3) is 0 Å². The minimum atomic E-state index is 0.0703. The van der Waals surface area contributed by atoms with Crippen molar-refractivity contribution >= 4 is 21.7 Å². The SMILES string of the molecule is COCOc1cccc(Br)c1-c1noc2c1C(=O)CCC2. The summed E-state index contributed by atoms with van der Waals surface area (Å²) in [5.41, 5.74) is 1.83. The quantitative estimate of drug-likeness (QED) is 0.787. The summed E-state index contributed by atoms with van der Waals surface area (Å²) < 4.78 is 16.7. The van der Waals surface area contributed by atoms with Gasteiger partial charge >= 0.3 is 0 Å². The summed E-state index contributed by atoms with van der Waals surface area (Å²) in [6.45, 7) is 0.122. The molecule has 0 unspecified atom stereocenters. The minimum Gasteiger partial charge on any atom is -0.467 e. The van der Waals surface area contributed by atoms with Crippen molar-refractivity contribution in [3.05, 3.63) is 34.0 Å². The van der Waals surface area contributed by atoms with Crippen LogP contribution in [0.25, 0.3) is 11.3 Å². The largest absolute Gasteiger partial charge is 0.467 e. The molecule has 21 heavy (non-hydrogen) atoms. The molecule has 0 radical (unpaired) electrons. The Bertz CT molecular complexity index is 680. The maximum atomic E-state index is 12.2. The van der Waals surface area contributed by atoms with Crippen LogP contribution in [-0.2, 0) is 11.2 Å². The molecule has 1 aromatic heterocycles. The highest BCUT2D eigenvalue weighted by Crippen LogP contribution is 2.40. The number of benzene rings is 1. The maximum absolute atomic E-state index is 12.2. The highest BCUT2D eigenvalue weighted by molar-refractivity contribution is 9.10. The second kappa shape index (κ2) is 5.99. The van der Waals surface area contributed by atoms with Crippen molar-refractivity contribution in [3.8, 4) is 17.0 Å². The first-order valence-corrected chi connectivity index (χ1v) is 7.44. The number of aromatic nitrogens is 1. The molecule has 0 amide bonds. The summed E-state index contributed by atoms with van der Waals surface area (Å²) in [5, 5.41) is 4.10. The number of ketones is 1. The van der Waals surface area contributed by atoms with Gasteiger partial charge in [0, 0.05) is 24.4 Å². The van der Waals surface area contributed by atoms with E-state index < -0.39 is 0 Å². The molecule has 6 heteroatoms. The molecule has 0 N–H and O–H groups in total. The van der Waals surface area contributed by atoms with Crippen molar-refractivity contribution in [1.29, 1.82) is 0 Å². The van der Waals surface area contributed by atoms with Gasteiger partial charge in [-0.05, 0) is 34.5 Å². The molecule has 5 nitrogen and oxygen atoms in total. The van der Waals surface area contributed by atoms with Gasteiger partial charge in [-0.3, -0.25) is 4.79 Å². The monoisotopic (exact) mass is 351 g/mol. The molecule has 1 aliphatic carbocycles. The zero-order valence-corrected chi connectivity index (χ0v) is 13.1. The molecule has 0 bridgehead atoms. The van der Waals surface area contributed by atoms with Crippen molar-refractivity contribution in [3.63, 3.8) is 0 Å². The predicted octanol–water partition coefficient (Wildman–Crippen LogP) is 3.61. The highest BCUT2D eigenvalue weighted by atomic mass is 79.9. The van der Waals surface area contributed by atoms with Gasteiger partial charge < -0.3 is 14.0 Å². The van der Waals surface area contributed by atoms with Crippen LogP contribution >= 0.6 is 15.9 Å². The van der Waals surface area contributed by atoms with Gasteiger partial charge in [-0.1, -0.05) is 11.2 Å². The van der Waals surface area contributed by atoms with E-state index in [-0.39, 0.29) is 12.6 Å². The standard InChI is InChI=1S/C15H14BrNO4/c1-19-8-20-11-6-2-4-9(16)13(11)15-14-10(18)5-3-7-12(14)21-17-15/h2,4,6H,3,5,7-8H2,1H3. The van der Waals surface area contributed by atoms with Crippen LogP contribution in [0, 0.1) is 0 Å². The van der Waals surface area contributed by atoms with Crippen molar-refractivity contribution < 1.29 is 18.8 Å². The predicted molar refractivity (Wildman–Crippen MR) is 79.4 cm³/mol. The van der Waals surface area contributed by atoms with Gasteiger partial charge in [0.15, 0.2) is 12.6 Å². The molecular formula is C15H14BrNO4. The fraction of sp³-hybridized carbons (Fsp3) is 0.333. The molecule has 0 spiro atoms. The first-order valence-electron chi connectivity index (χ1n) is 6.64. The fourth-order valence-electron chi connectivity index (χ4n) is 2.46. The van der Waals surface area contributed by atoms with E-state index in [1.165, 1.54) is 0 Å². The third kappa shape index (κ3) is 2.61. The first kappa shape index (κ1) is 14.3. The van der Waals surface area contributed by atoms with E-state index in [1.54, 1.807) is 7.11 Å². The number of Topliss-reactive ketones (excluding diaryl/α,β-unsaturated/α-hetero) is 1. The van der Waals surface area contributed by atoms with E-state index in [1.807, 2.05) is 18.2 Å². The third-order valence-corrected chi connectivity index (χ3v) is 4.05. The fourth-order valence-corrected chi connectivity index (χ4v) is 3.00. The topological polar surface area (TPSA) is 61.6 Å². The Balaban J connectivity index is 2.13. The number of nitrogens with zero attached hydrogens (tertiary/aromatic N) is 1. The highest BCUT2D eigenvalue weighted by Gasteiger charge is 2.29. The van der Waals surface area contributed by atoms with Crippen LogP contribution in [-0.4, -0.2) is 24.8 Å². The Labute approximate surface area is 130 Å². The normalized spacial score (nSPS) is 14.1. The molecule has 1 aromatic carbocycles. The number of hydrogen-bond acceptors (Lipinski definition) is 5. The Morgan fingerprint density at radius 2 is 2.19 bits per heavy atom. The zero-order chi connectivity index (χ0) is 14.8. The average molecular weight is 352 g/mol. The molecule has 0 fully saturated rings. The number of rotatable bonds is 4. The van der Waals surface area contributed by atoms with Crippen LogP contribution in [0.5, 0.6) is 5.75 Å². The van der Waals surface area contributed by atoms with Crippen LogP contribution in [0.3, 0.4) is 0 Å². The van der Waals surface area contributed by atoms with Crippen LogP contribution in [0.4, 0.5) is 0 Å². The number of methoxy groups -OCH3 is 1. The first-order chi connectivity index (χ1) is 10.2. The van der Waals surface area contributed by atoms with E-state index in [0.717, 1.165) is 22.9 Å². The third-order valence-electron chi connectivity index (χ3n) is 3.39. The number of hydrogen-bond donors (Lipinski definition) is 0. The van der Waals surface area contributed by atoms with Gasteiger partial charge in [-0.15, -0.1) is 0 Å². The van der Waals surface area contributed by atoms with Crippen molar-refractivity contribution in [2.24, 2.45) is 0 Å². The molecule has 0 aliphatic heterocycles. The van der Waals surface area contributed by atoms with Crippen LogP contribution in [0.15, 0.2) is 27.2 Å². The Kier molecular flexibility index (Phi) is 4.07. The second-order valence-corrected chi connectivity index (χ2v) is 5.62. The van der Waals surface area contributed by atoms with Gasteiger partial charge in [0.05, 0.1) is 11.1 Å². The van der Waals surface area contributed by atoms with Crippen LogP contribution < -0.4 is 4.74 Å². The number of carbonyl (C=O) groups is 1. The smallest absolute Gasteiger partial charge is 0.188 e. The van der Waals surface area contributed by atoms with E-state index in [2.05, 4.69) is 21.1 Å². The summed E-state index contributed by atoms with van der Waals surface area (Å²) >= 11 is 3.49. The zero-order valence-electron chi connectivity index (χ0n) is 11.5. The van der Waals surface area contributed by atoms with E-state index in [9.17, 15) is 4.79 Å². The molecule has 1 heterocycles. The number of aryl methyl sites for hydroxylation is 1. The minimum absolute atomic E-state index is 0.0703. The molecule has 0 saturated heterocycles. The van der Waals surface area contributed by atoms with Gasteiger partial charge in [0.1, 0.15) is 17.2 Å². The lowest BCUT2D eigenvalue weighted by atomic mass is 9.93. The summed E-state index contributed by atoms with van der Waals surface area (Å²) in [7, 11) is 1.55. The average Bonchev–Trinajstić information content (AvgIpc) is 2.90. The summed E-state index contributed by atoms with van der Waals surface area (Å²) in [5.74, 6) is 1.33. The molecule has 2 aromatic rings. The molecule has 0 atom stereocenters. The maximum Gasteiger partial charge on any atom is 0.188 e. The van der Waals surface area contributed by atoms with Crippen LogP contribution in [0.1, 0.15) is 29.0 Å². The lowest BCUT2D eigenvalue weighted by molar-refractivity contribution is 0.0515. The second-order valence-electron chi connectivity index (χ2n) is 4.77. The molecule has 0 saturated carbocycles. The number of ether oxygens (including phenoxy) is 2. The molecular weight excluding hydrogens is 338 g/mol. The Hall–Kier alpha value is -1.66. The summed E-state index contributed by atoms with van der Waals surface area (Å²) in [4.78, 5) is 12.2. The lowest BCUT2D eigenvalue weighted by Gasteiger charge is -2.13. The summed E-state index contributed by atoms with van der Waals surface area (Å²) in [6, 6.07) is 5.55. The van der Waals surface area contributed by atoms with Gasteiger partial charge in [-0.25, -0.2) is 0 Å². The van der Waals surface area contributed by atoms with Crippen molar-refractivity contribution in [2.75, 3.05) is 13.9 Å². The van der Waals surface area contributed by atoms with Crippen molar-refractivity contribution in [1.82, 2.24) is 5.16 Å². The molecule has 3 rings (SSSR count). The Morgan fingerprint density at radius 3 is 3.00 bits per heavy atom.